The number of hydrogen-bond acceptors (Lipinski definition) is 7. The number of allylic oxidation sites excluding steroid dienone is 3. The molecule has 0 saturated heterocycles. The first kappa shape index (κ1) is 23.7. The summed E-state index contributed by atoms with van der Waals surface area (Å²) in [4.78, 5) is 30.4. The van der Waals surface area contributed by atoms with E-state index in [0.717, 1.165) is 5.56 Å². The molecule has 0 bridgehead atoms. The van der Waals surface area contributed by atoms with Crippen LogP contribution in [0, 0.1) is 0 Å². The molecule has 29 heavy (non-hydrogen) atoms. The van der Waals surface area contributed by atoms with Gasteiger partial charge in [-0.3, -0.25) is 9.79 Å². The Hall–Kier alpha value is -3.35. The molecule has 0 radical (unpaired) electrons. The summed E-state index contributed by atoms with van der Waals surface area (Å²) in [6.45, 7) is 8.07. The number of carbonyl (C=O) groups excluding carboxylic acids is 2. The molecule has 1 rings (SSSR count). The van der Waals surface area contributed by atoms with E-state index in [1.807, 2.05) is 54.2 Å². The molecular weight excluding hydrogens is 370 g/mol. The summed E-state index contributed by atoms with van der Waals surface area (Å²) in [6, 6.07) is 9.70. The zero-order chi connectivity index (χ0) is 21.6. The molecule has 0 unspecified atom stereocenters. The van der Waals surface area contributed by atoms with Gasteiger partial charge in [-0.1, -0.05) is 30.3 Å². The summed E-state index contributed by atoms with van der Waals surface area (Å²) in [6.07, 6.45) is 5.55. The van der Waals surface area contributed by atoms with E-state index in [1.54, 1.807) is 26.1 Å². The first-order valence-corrected chi connectivity index (χ1v) is 9.19. The van der Waals surface area contributed by atoms with Crippen LogP contribution >= 0.6 is 0 Å². The van der Waals surface area contributed by atoms with E-state index in [-0.39, 0.29) is 12.3 Å². The zero-order valence-corrected chi connectivity index (χ0v) is 17.5. The molecule has 0 aromatic heterocycles. The van der Waals surface area contributed by atoms with Crippen LogP contribution in [0.3, 0.4) is 0 Å². The van der Waals surface area contributed by atoms with Crippen molar-refractivity contribution in [2.45, 2.75) is 20.5 Å². The van der Waals surface area contributed by atoms with Crippen molar-refractivity contribution in [2.75, 3.05) is 27.4 Å². The molecular formula is C22H29N3O4. The number of aliphatic imine (C=N–C) groups is 1. The Kier molecular flexibility index (Phi) is 10.6. The summed E-state index contributed by atoms with van der Waals surface area (Å²) < 4.78 is 10.7. The molecule has 0 aliphatic carbocycles. The molecule has 0 atom stereocenters. The molecule has 0 saturated carbocycles. The lowest BCUT2D eigenvalue weighted by Crippen LogP contribution is -2.30. The van der Waals surface area contributed by atoms with Crippen LogP contribution in [0.15, 0.2) is 70.8 Å². The van der Waals surface area contributed by atoms with Gasteiger partial charge in [0.15, 0.2) is 5.70 Å². The van der Waals surface area contributed by atoms with E-state index >= 15 is 0 Å². The molecule has 0 amide bonds. The third kappa shape index (κ3) is 8.47. The summed E-state index contributed by atoms with van der Waals surface area (Å²) in [7, 11) is 3.69. The van der Waals surface area contributed by atoms with Crippen molar-refractivity contribution < 1.29 is 19.1 Å². The molecule has 0 spiro atoms. The topological polar surface area (TPSA) is 71.4 Å². The minimum absolute atomic E-state index is 0.180. The predicted octanol–water partition coefficient (Wildman–Crippen LogP) is 3.12. The fourth-order valence-electron chi connectivity index (χ4n) is 2.36. The maximum atomic E-state index is 12.0. The second kappa shape index (κ2) is 12.9. The third-order valence-electron chi connectivity index (χ3n) is 3.95. The van der Waals surface area contributed by atoms with E-state index in [1.165, 1.54) is 6.08 Å². The van der Waals surface area contributed by atoms with Crippen LogP contribution in [-0.2, 0) is 25.7 Å². The number of hydrogen-bond donors (Lipinski definition) is 0. The zero-order valence-electron chi connectivity index (χ0n) is 17.5. The van der Waals surface area contributed by atoms with Crippen molar-refractivity contribution in [3.63, 3.8) is 0 Å². The first-order valence-electron chi connectivity index (χ1n) is 9.19. The van der Waals surface area contributed by atoms with Crippen LogP contribution in [0.25, 0.3) is 0 Å². The highest BCUT2D eigenvalue weighted by Crippen LogP contribution is 2.12. The fourth-order valence-corrected chi connectivity index (χ4v) is 2.36. The first-order chi connectivity index (χ1) is 13.9. The standard InChI is InChI=1S/C22H29N3O4/c1-6-28-22(27)21(23-3)18(2)25(5)17-24(4)14-12-20(13-15-26)29-16-19-10-8-7-9-11-19/h7-15H,3,6,16-17H2,1-2,4-5H3/b14-12-,20-13+,21-18-. The number of rotatable bonds is 12. The number of esters is 1. The smallest absolute Gasteiger partial charge is 0.358 e. The Labute approximate surface area is 172 Å². The van der Waals surface area contributed by atoms with Gasteiger partial charge in [-0.2, -0.15) is 0 Å². The number of benzene rings is 1. The maximum Gasteiger partial charge on any atom is 0.358 e. The maximum absolute atomic E-state index is 12.0. The number of ether oxygens (including phenoxy) is 2. The molecule has 1 aromatic carbocycles. The van der Waals surface area contributed by atoms with Gasteiger partial charge in [-0.05, 0) is 32.2 Å². The van der Waals surface area contributed by atoms with Crippen LogP contribution in [0.1, 0.15) is 19.4 Å². The highest BCUT2D eigenvalue weighted by molar-refractivity contribution is 5.89. The molecule has 0 fully saturated rings. The van der Waals surface area contributed by atoms with Crippen molar-refractivity contribution in [3.8, 4) is 0 Å². The molecule has 1 aromatic rings. The van der Waals surface area contributed by atoms with Crippen molar-refractivity contribution in [1.82, 2.24) is 9.80 Å². The average Bonchev–Trinajstić information content (AvgIpc) is 2.71. The minimum atomic E-state index is -0.504. The largest absolute Gasteiger partial charge is 0.489 e. The second-order valence-corrected chi connectivity index (χ2v) is 6.20. The van der Waals surface area contributed by atoms with E-state index in [9.17, 15) is 9.59 Å². The van der Waals surface area contributed by atoms with Crippen molar-refractivity contribution >= 4 is 19.0 Å². The summed E-state index contributed by atoms with van der Waals surface area (Å²) in [5, 5.41) is 0. The quantitative estimate of drug-likeness (QED) is 0.102. The van der Waals surface area contributed by atoms with Crippen LogP contribution in [0.5, 0.6) is 0 Å². The van der Waals surface area contributed by atoms with Crippen molar-refractivity contribution in [3.05, 3.63) is 71.4 Å². The Morgan fingerprint density at radius 2 is 1.90 bits per heavy atom. The Balaban J connectivity index is 2.73. The molecule has 0 N–H and O–H groups in total. The summed E-state index contributed by atoms with van der Waals surface area (Å²) >= 11 is 0. The van der Waals surface area contributed by atoms with Crippen molar-refractivity contribution in [1.29, 1.82) is 0 Å². The number of nitrogens with zero attached hydrogens (tertiary/aromatic N) is 3. The minimum Gasteiger partial charge on any atom is -0.489 e. The van der Waals surface area contributed by atoms with Gasteiger partial charge in [0.2, 0.25) is 0 Å². The van der Waals surface area contributed by atoms with Gasteiger partial charge in [0.05, 0.1) is 13.3 Å². The lowest BCUT2D eigenvalue weighted by Gasteiger charge is -2.26. The highest BCUT2D eigenvalue weighted by Gasteiger charge is 2.15. The van der Waals surface area contributed by atoms with Crippen LogP contribution < -0.4 is 0 Å². The van der Waals surface area contributed by atoms with Crippen LogP contribution in [-0.4, -0.2) is 56.1 Å². The molecule has 0 aliphatic heterocycles. The molecule has 0 heterocycles. The van der Waals surface area contributed by atoms with Crippen molar-refractivity contribution in [2.24, 2.45) is 4.99 Å². The fraction of sp³-hybridized carbons (Fsp3) is 0.318. The average molecular weight is 399 g/mol. The lowest BCUT2D eigenvalue weighted by atomic mass is 10.2. The SMILES string of the molecule is C=N/C(C(=O)OCC)=C(/C)N(C)CN(C)/C=C\C(=C/C=O)OCc1ccccc1. The Morgan fingerprint density at radius 3 is 2.48 bits per heavy atom. The van der Waals surface area contributed by atoms with Gasteiger partial charge in [0, 0.05) is 32.1 Å². The summed E-state index contributed by atoms with van der Waals surface area (Å²) in [5.74, 6) is -0.0545. The van der Waals surface area contributed by atoms with Gasteiger partial charge >= 0.3 is 5.97 Å². The van der Waals surface area contributed by atoms with Gasteiger partial charge in [0.1, 0.15) is 18.7 Å². The molecule has 7 heteroatoms. The monoisotopic (exact) mass is 399 g/mol. The Bertz CT molecular complexity index is 770. The third-order valence-corrected chi connectivity index (χ3v) is 3.95. The van der Waals surface area contributed by atoms with Gasteiger partial charge in [-0.15, -0.1) is 0 Å². The van der Waals surface area contributed by atoms with Gasteiger partial charge in [0.25, 0.3) is 0 Å². The highest BCUT2D eigenvalue weighted by atomic mass is 16.5. The normalized spacial score (nSPS) is 12.2. The second-order valence-electron chi connectivity index (χ2n) is 6.20. The van der Waals surface area contributed by atoms with E-state index in [0.29, 0.717) is 31.0 Å². The van der Waals surface area contributed by atoms with Gasteiger partial charge < -0.3 is 19.3 Å². The number of aldehydes is 1. The molecule has 156 valence electrons. The number of carbonyl (C=O) groups is 2. The van der Waals surface area contributed by atoms with E-state index < -0.39 is 5.97 Å². The Morgan fingerprint density at radius 1 is 1.21 bits per heavy atom. The lowest BCUT2D eigenvalue weighted by molar-refractivity contribution is -0.138. The van der Waals surface area contributed by atoms with Gasteiger partial charge in [-0.25, -0.2) is 4.79 Å². The van der Waals surface area contributed by atoms with E-state index in [4.69, 9.17) is 9.47 Å². The van der Waals surface area contributed by atoms with E-state index in [2.05, 4.69) is 11.7 Å². The van der Waals surface area contributed by atoms with Crippen LogP contribution in [0.2, 0.25) is 0 Å². The predicted molar refractivity (Wildman–Crippen MR) is 114 cm³/mol. The van der Waals surface area contributed by atoms with Crippen LogP contribution in [0.4, 0.5) is 0 Å². The molecule has 0 aliphatic rings. The molecule has 7 nitrogen and oxygen atoms in total. The summed E-state index contributed by atoms with van der Waals surface area (Å²) in [5.41, 5.74) is 1.83.